The van der Waals surface area contributed by atoms with Crippen molar-refractivity contribution in [1.82, 2.24) is 40.6 Å². The van der Waals surface area contributed by atoms with Crippen LogP contribution in [-0.2, 0) is 0 Å². The monoisotopic (exact) mass is 623 g/mol. The zero-order chi connectivity index (χ0) is 32.5. The van der Waals surface area contributed by atoms with Crippen LogP contribution in [0.4, 0.5) is 5.69 Å². The summed E-state index contributed by atoms with van der Waals surface area (Å²) >= 11 is 0. The number of benzene rings is 3. The second kappa shape index (κ2) is 15.0. The van der Waals surface area contributed by atoms with Gasteiger partial charge in [0.2, 0.25) is 0 Å². The highest BCUT2D eigenvalue weighted by atomic mass is 16.3. The van der Waals surface area contributed by atoms with Gasteiger partial charge in [0.25, 0.3) is 0 Å². The Bertz CT molecular complexity index is 1710. The zero-order valence-electron chi connectivity index (χ0n) is 26.0. The summed E-state index contributed by atoms with van der Waals surface area (Å²) < 4.78 is 0. The van der Waals surface area contributed by atoms with Crippen molar-refractivity contribution in [1.29, 1.82) is 0 Å². The maximum atomic E-state index is 11.3. The number of rotatable bonds is 14. The van der Waals surface area contributed by atoms with Crippen LogP contribution in [-0.4, -0.2) is 88.1 Å². The molecule has 0 bridgehead atoms. The van der Waals surface area contributed by atoms with Crippen LogP contribution in [0.15, 0.2) is 70.9 Å². The van der Waals surface area contributed by atoms with Gasteiger partial charge in [0, 0.05) is 42.4 Å². The summed E-state index contributed by atoms with van der Waals surface area (Å²) in [7, 11) is 0. The number of aryl methyl sites for hydroxylation is 2. The zero-order valence-corrected chi connectivity index (χ0v) is 26.0. The molecule has 0 aliphatic carbocycles. The average molecular weight is 624 g/mol. The molecule has 0 saturated heterocycles. The number of aromatic hydroxyl groups is 2. The standard InChI is InChI=1S/C32H37N11O3/c1-4-41(15-6-5-7-16-44)27-10-8-9-26(19-27)32(28-17-24(11-13-30(28)45)20-33-42-22(2)35-37-39-42)29-18-25(12-14-31(29)46)21-34-43-23(3)36-38-40-43/h8-14,17-21,32,44-46H,4-7,15-16H2,1-3H3/b33-20+,34-21+. The third kappa shape index (κ3) is 7.58. The molecule has 3 aromatic carbocycles. The third-order valence-corrected chi connectivity index (χ3v) is 7.60. The van der Waals surface area contributed by atoms with Crippen LogP contribution in [0.3, 0.4) is 0 Å². The molecule has 14 nitrogen and oxygen atoms in total. The minimum atomic E-state index is -0.570. The average Bonchev–Trinajstić information content (AvgIpc) is 3.68. The fourth-order valence-electron chi connectivity index (χ4n) is 5.17. The summed E-state index contributed by atoms with van der Waals surface area (Å²) in [5.41, 5.74) is 4.44. The van der Waals surface area contributed by atoms with Crippen LogP contribution in [0.5, 0.6) is 11.5 Å². The Labute approximate surface area is 266 Å². The number of phenolic OH excluding ortho intramolecular Hbond substituents is 2. The van der Waals surface area contributed by atoms with Crippen molar-refractivity contribution in [3.8, 4) is 11.5 Å². The van der Waals surface area contributed by atoms with Crippen molar-refractivity contribution in [2.24, 2.45) is 10.2 Å². The number of anilines is 1. The number of hydrogen-bond acceptors (Lipinski definition) is 12. The molecule has 5 aromatic rings. The molecule has 0 spiro atoms. The minimum absolute atomic E-state index is 0.0605. The van der Waals surface area contributed by atoms with E-state index in [2.05, 4.69) is 65.2 Å². The van der Waals surface area contributed by atoms with E-state index >= 15 is 0 Å². The summed E-state index contributed by atoms with van der Waals surface area (Å²) in [5.74, 6) is 0.610. The fraction of sp³-hybridized carbons (Fsp3) is 0.312. The molecule has 0 unspecified atom stereocenters. The molecule has 0 saturated carbocycles. The molecule has 5 rings (SSSR count). The first-order valence-electron chi connectivity index (χ1n) is 15.1. The highest BCUT2D eigenvalue weighted by Crippen LogP contribution is 2.42. The Morgan fingerprint density at radius 2 is 1.37 bits per heavy atom. The summed E-state index contributed by atoms with van der Waals surface area (Å²) in [6.07, 6.45) is 5.89. The number of unbranched alkanes of at least 4 members (excludes halogenated alkanes) is 2. The molecular formula is C32H37N11O3. The maximum absolute atomic E-state index is 11.3. The second-order valence-electron chi connectivity index (χ2n) is 10.7. The van der Waals surface area contributed by atoms with E-state index in [1.807, 2.05) is 24.3 Å². The van der Waals surface area contributed by atoms with Crippen molar-refractivity contribution in [3.05, 3.63) is 100 Å². The predicted molar refractivity (Wildman–Crippen MR) is 174 cm³/mol. The molecule has 0 atom stereocenters. The van der Waals surface area contributed by atoms with E-state index < -0.39 is 5.92 Å². The molecule has 0 aliphatic heterocycles. The minimum Gasteiger partial charge on any atom is -0.508 e. The highest BCUT2D eigenvalue weighted by molar-refractivity contribution is 5.82. The van der Waals surface area contributed by atoms with Gasteiger partial charge >= 0.3 is 0 Å². The first kappa shape index (κ1) is 31.9. The molecule has 2 heterocycles. The summed E-state index contributed by atoms with van der Waals surface area (Å²) in [5, 5.41) is 63.2. The number of aliphatic hydroxyl groups is 1. The predicted octanol–water partition coefficient (Wildman–Crippen LogP) is 3.62. The van der Waals surface area contributed by atoms with E-state index in [9.17, 15) is 15.3 Å². The van der Waals surface area contributed by atoms with E-state index in [-0.39, 0.29) is 18.1 Å². The van der Waals surface area contributed by atoms with Crippen LogP contribution >= 0.6 is 0 Å². The van der Waals surface area contributed by atoms with Gasteiger partial charge in [0.15, 0.2) is 11.6 Å². The number of hydrogen-bond donors (Lipinski definition) is 3. The molecule has 238 valence electrons. The van der Waals surface area contributed by atoms with Crippen molar-refractivity contribution < 1.29 is 15.3 Å². The summed E-state index contributed by atoms with van der Waals surface area (Å²) in [4.78, 5) is 4.91. The van der Waals surface area contributed by atoms with Gasteiger partial charge in [-0.25, -0.2) is 0 Å². The van der Waals surface area contributed by atoms with Gasteiger partial charge in [-0.05, 0) is 126 Å². The SMILES string of the molecule is CCN(CCCCCO)c1cccc(C(c2cc(/C=N/n3nnnc3C)ccc2O)c2cc(/C=N/n3nnnc3C)ccc2O)c1. The van der Waals surface area contributed by atoms with Crippen LogP contribution in [0.1, 0.15) is 71.6 Å². The fourth-order valence-corrected chi connectivity index (χ4v) is 5.17. The Morgan fingerprint density at radius 3 is 1.87 bits per heavy atom. The normalized spacial score (nSPS) is 11.8. The first-order valence-corrected chi connectivity index (χ1v) is 15.1. The van der Waals surface area contributed by atoms with Crippen molar-refractivity contribution in [2.45, 2.75) is 46.0 Å². The van der Waals surface area contributed by atoms with Gasteiger partial charge < -0.3 is 20.2 Å². The second-order valence-corrected chi connectivity index (χ2v) is 10.7. The maximum Gasteiger partial charge on any atom is 0.173 e. The van der Waals surface area contributed by atoms with Gasteiger partial charge in [-0.3, -0.25) is 0 Å². The molecule has 0 fully saturated rings. The largest absolute Gasteiger partial charge is 0.508 e. The van der Waals surface area contributed by atoms with Crippen LogP contribution < -0.4 is 4.90 Å². The lowest BCUT2D eigenvalue weighted by molar-refractivity contribution is 0.283. The molecule has 0 amide bonds. The van der Waals surface area contributed by atoms with E-state index in [0.29, 0.717) is 33.9 Å². The van der Waals surface area contributed by atoms with E-state index in [1.54, 1.807) is 50.5 Å². The Kier molecular flexibility index (Phi) is 10.4. The molecule has 14 heteroatoms. The number of aromatic nitrogens is 8. The Balaban J connectivity index is 1.60. The van der Waals surface area contributed by atoms with E-state index in [1.165, 1.54) is 9.58 Å². The lowest BCUT2D eigenvalue weighted by atomic mass is 9.82. The quantitative estimate of drug-likeness (QED) is 0.0941. The number of phenols is 2. The highest BCUT2D eigenvalue weighted by Gasteiger charge is 2.24. The Morgan fingerprint density at radius 1 is 0.783 bits per heavy atom. The lowest BCUT2D eigenvalue weighted by Gasteiger charge is -2.26. The number of aliphatic hydroxyl groups excluding tert-OH is 1. The van der Waals surface area contributed by atoms with Gasteiger partial charge in [-0.15, -0.1) is 19.8 Å². The van der Waals surface area contributed by atoms with Crippen molar-refractivity contribution in [3.63, 3.8) is 0 Å². The van der Waals surface area contributed by atoms with E-state index in [0.717, 1.165) is 43.6 Å². The van der Waals surface area contributed by atoms with Crippen LogP contribution in [0, 0.1) is 13.8 Å². The number of nitrogens with zero attached hydrogens (tertiary/aromatic N) is 11. The molecule has 2 aromatic heterocycles. The van der Waals surface area contributed by atoms with Gasteiger partial charge in [0.05, 0.1) is 12.4 Å². The van der Waals surface area contributed by atoms with Gasteiger partial charge in [-0.1, -0.05) is 12.1 Å². The molecule has 46 heavy (non-hydrogen) atoms. The number of tetrazole rings is 2. The van der Waals surface area contributed by atoms with Crippen LogP contribution in [0.25, 0.3) is 0 Å². The molecule has 0 aliphatic rings. The summed E-state index contributed by atoms with van der Waals surface area (Å²) in [6.45, 7) is 7.43. The lowest BCUT2D eigenvalue weighted by Crippen LogP contribution is -2.24. The summed E-state index contributed by atoms with van der Waals surface area (Å²) in [6, 6.07) is 18.5. The first-order chi connectivity index (χ1) is 22.4. The smallest absolute Gasteiger partial charge is 0.173 e. The van der Waals surface area contributed by atoms with Crippen molar-refractivity contribution in [2.75, 3.05) is 24.6 Å². The topological polar surface area (TPSA) is 176 Å². The van der Waals surface area contributed by atoms with E-state index in [4.69, 9.17) is 0 Å². The molecular weight excluding hydrogens is 586 g/mol. The van der Waals surface area contributed by atoms with Gasteiger partial charge in [0.1, 0.15) is 11.5 Å². The van der Waals surface area contributed by atoms with Crippen LogP contribution in [0.2, 0.25) is 0 Å². The molecule has 3 N–H and O–H groups in total. The van der Waals surface area contributed by atoms with Crippen molar-refractivity contribution >= 4 is 18.1 Å². The van der Waals surface area contributed by atoms with Gasteiger partial charge in [-0.2, -0.15) is 10.2 Å². The third-order valence-electron chi connectivity index (χ3n) is 7.60. The Hall–Kier alpha value is -5.50. The molecule has 0 radical (unpaired) electrons.